The van der Waals surface area contributed by atoms with E-state index < -0.39 is 60.6 Å². The third-order valence-electron chi connectivity index (χ3n) is 8.63. The number of aliphatic hydroxyl groups is 2. The summed E-state index contributed by atoms with van der Waals surface area (Å²) in [6.07, 6.45) is -3.06. The van der Waals surface area contributed by atoms with Gasteiger partial charge in [0.25, 0.3) is 0 Å². The first-order valence-electron chi connectivity index (χ1n) is 14.1. The number of nitrogens with one attached hydrogen (secondary N) is 2. The fourth-order valence-corrected chi connectivity index (χ4v) is 10.1. The Kier molecular flexibility index (Phi) is 8.66. The number of rotatable bonds is 11. The van der Waals surface area contributed by atoms with Crippen molar-refractivity contribution in [2.45, 2.75) is 67.4 Å². The van der Waals surface area contributed by atoms with Crippen LogP contribution in [-0.4, -0.2) is 80.0 Å². The Bertz CT molecular complexity index is 1470. The van der Waals surface area contributed by atoms with Crippen molar-refractivity contribution >= 4 is 40.9 Å². The molecule has 246 valence electrons. The molecule has 12 nitrogen and oxygen atoms in total. The second kappa shape index (κ2) is 11.9. The Morgan fingerprint density at radius 1 is 1.36 bits per heavy atom. The summed E-state index contributed by atoms with van der Waals surface area (Å²) in [6.45, 7) is -0.276. The SMILES string of the molecule is CSSC1(OC2=CC(N3C/C(=C\NC(=O)C(F)(F)F)C(NC(O)c4ccccc4)=NC3O)OC2CC23CC2C3P(=O)([O-])O)CC1. The van der Waals surface area contributed by atoms with Crippen LogP contribution in [0, 0.1) is 11.3 Å². The molecular formula is C27H31F3N4O8PS2-. The monoisotopic (exact) mass is 691 g/mol. The number of halogens is 3. The van der Waals surface area contributed by atoms with E-state index in [1.807, 2.05) is 6.26 Å². The number of hydrogen-bond donors (Lipinski definition) is 5. The van der Waals surface area contributed by atoms with Gasteiger partial charge in [0, 0.05) is 42.4 Å². The summed E-state index contributed by atoms with van der Waals surface area (Å²) < 4.78 is 63.4. The van der Waals surface area contributed by atoms with Gasteiger partial charge in [-0.25, -0.2) is 9.89 Å². The van der Waals surface area contributed by atoms with Crippen molar-refractivity contribution in [1.82, 2.24) is 15.5 Å². The maximum Gasteiger partial charge on any atom is 0.471 e. The zero-order chi connectivity index (χ0) is 32.4. The summed E-state index contributed by atoms with van der Waals surface area (Å²) in [5.41, 5.74) is -1.04. The fraction of sp³-hybridized carbons (Fsp3) is 0.556. The number of aliphatic hydroxyl groups excluding tert-OH is 2. The molecule has 0 bridgehead atoms. The molecule has 0 aromatic heterocycles. The normalized spacial score (nSPS) is 34.6. The number of hydrogen-bond acceptors (Lipinski definition) is 12. The predicted octanol–water partition coefficient (Wildman–Crippen LogP) is 2.27. The number of amidine groups is 1. The van der Waals surface area contributed by atoms with Crippen molar-refractivity contribution in [2.75, 3.05) is 12.8 Å². The Morgan fingerprint density at radius 3 is 2.64 bits per heavy atom. The van der Waals surface area contributed by atoms with Crippen molar-refractivity contribution in [1.29, 1.82) is 0 Å². The maximum atomic E-state index is 13.0. The molecule has 1 aromatic carbocycles. The number of aliphatic imine (C=N–C) groups is 1. The molecule has 3 fully saturated rings. The van der Waals surface area contributed by atoms with E-state index in [1.54, 1.807) is 52.5 Å². The van der Waals surface area contributed by atoms with Gasteiger partial charge in [-0.3, -0.25) is 4.79 Å². The Balaban J connectivity index is 1.25. The van der Waals surface area contributed by atoms with Gasteiger partial charge in [-0.15, -0.1) is 0 Å². The van der Waals surface area contributed by atoms with Gasteiger partial charge in [-0.1, -0.05) is 41.1 Å². The Hall–Kier alpha value is -2.08. The molecule has 0 spiro atoms. The van der Waals surface area contributed by atoms with E-state index in [0.29, 0.717) is 17.7 Å². The van der Waals surface area contributed by atoms with Crippen LogP contribution >= 0.6 is 29.2 Å². The summed E-state index contributed by atoms with van der Waals surface area (Å²) in [4.78, 5) is 38.1. The zero-order valence-electron chi connectivity index (χ0n) is 23.7. The summed E-state index contributed by atoms with van der Waals surface area (Å²) in [5, 5.41) is 26.1. The van der Waals surface area contributed by atoms with Crippen molar-refractivity contribution in [3.05, 3.63) is 59.5 Å². The molecule has 6 rings (SSSR count). The van der Waals surface area contributed by atoms with Crippen LogP contribution in [0.25, 0.3) is 0 Å². The first kappa shape index (κ1) is 32.8. The number of alkyl halides is 3. The molecule has 8 unspecified atom stereocenters. The van der Waals surface area contributed by atoms with Crippen LogP contribution in [0.3, 0.4) is 0 Å². The average Bonchev–Trinajstić information content (AvgIpc) is 3.89. The van der Waals surface area contributed by atoms with Gasteiger partial charge in [0.1, 0.15) is 31.5 Å². The summed E-state index contributed by atoms with van der Waals surface area (Å²) in [6, 6.07) is 8.29. The quantitative estimate of drug-likeness (QED) is 0.130. The highest BCUT2D eigenvalue weighted by atomic mass is 33.1. The topological polar surface area (TPSA) is 176 Å². The van der Waals surface area contributed by atoms with E-state index >= 15 is 0 Å². The molecule has 5 aliphatic rings. The van der Waals surface area contributed by atoms with Gasteiger partial charge in [-0.05, 0) is 47.3 Å². The summed E-state index contributed by atoms with van der Waals surface area (Å²) >= 11 is 0. The highest BCUT2D eigenvalue weighted by Gasteiger charge is 2.81. The molecule has 8 atom stereocenters. The summed E-state index contributed by atoms with van der Waals surface area (Å²) in [5.74, 6) is -2.11. The molecule has 0 radical (unpaired) electrons. The third kappa shape index (κ3) is 6.83. The third-order valence-corrected chi connectivity index (χ3v) is 12.6. The molecule has 1 aromatic rings. The van der Waals surface area contributed by atoms with Crippen molar-refractivity contribution in [2.24, 2.45) is 16.3 Å². The van der Waals surface area contributed by atoms with E-state index in [2.05, 4.69) is 10.3 Å². The van der Waals surface area contributed by atoms with Crippen LogP contribution in [0.4, 0.5) is 13.2 Å². The smallest absolute Gasteiger partial charge is 0.471 e. The molecule has 5 N–H and O–H groups in total. The number of amides is 1. The first-order chi connectivity index (χ1) is 21.2. The van der Waals surface area contributed by atoms with Crippen LogP contribution in [0.2, 0.25) is 0 Å². The molecule has 0 saturated heterocycles. The lowest BCUT2D eigenvalue weighted by Crippen LogP contribution is -2.50. The van der Waals surface area contributed by atoms with Gasteiger partial charge in [0.2, 0.25) is 6.35 Å². The minimum atomic E-state index is -5.16. The second-order valence-corrected chi connectivity index (χ2v) is 16.1. The standard InChI is InChI=1S/C27H32F3N4O8PS2/c1-44-45-26(7-8-26)42-17-9-19(41-18(17)11-25-10-16(25)20(25)43(38,39)40)34-13-15(12-31-23(36)27(28,29)30)21(33-24(34)37)32-22(35)14-5-3-2-4-6-14/h2-6,9,12,16,18-20,22,24,35,37H,7-8,10-11,13H2,1H3,(H,31,36)(H,32,33)(H2,38,39,40)/p-1/b15-12+. The van der Waals surface area contributed by atoms with Crippen LogP contribution in [0.15, 0.2) is 58.9 Å². The molecule has 3 saturated carbocycles. The van der Waals surface area contributed by atoms with Crippen molar-refractivity contribution in [3.8, 4) is 0 Å². The molecular weight excluding hydrogens is 660 g/mol. The van der Waals surface area contributed by atoms with Crippen molar-refractivity contribution in [3.63, 3.8) is 0 Å². The van der Waals surface area contributed by atoms with Crippen LogP contribution in [0.1, 0.15) is 37.5 Å². The number of nitrogens with zero attached hydrogens (tertiary/aromatic N) is 2. The number of carbonyl (C=O) groups is 1. The van der Waals surface area contributed by atoms with E-state index in [4.69, 9.17) is 9.47 Å². The number of benzene rings is 1. The lowest BCUT2D eigenvalue weighted by Gasteiger charge is -2.36. The van der Waals surface area contributed by atoms with E-state index in [1.165, 1.54) is 15.7 Å². The fourth-order valence-electron chi connectivity index (χ4n) is 6.02. The van der Waals surface area contributed by atoms with Crippen LogP contribution in [-0.2, 0) is 18.8 Å². The molecule has 1 amide bonds. The largest absolute Gasteiger partial charge is 0.778 e. The lowest BCUT2D eigenvalue weighted by molar-refractivity contribution is -0.195. The van der Waals surface area contributed by atoms with E-state index in [9.17, 15) is 42.5 Å². The van der Waals surface area contributed by atoms with E-state index in [0.717, 1.165) is 19.0 Å². The Morgan fingerprint density at radius 2 is 2.07 bits per heavy atom. The molecule has 3 aliphatic carbocycles. The van der Waals surface area contributed by atoms with Gasteiger partial charge in [-0.2, -0.15) is 13.2 Å². The first-order valence-corrected chi connectivity index (χ1v) is 18.3. The number of fused-ring (bicyclic) bond motifs is 1. The minimum absolute atomic E-state index is 0.00285. The highest BCUT2D eigenvalue weighted by molar-refractivity contribution is 8.77. The zero-order valence-corrected chi connectivity index (χ0v) is 26.2. The lowest BCUT2D eigenvalue weighted by atomic mass is 10.0. The average molecular weight is 692 g/mol. The molecule has 2 aliphatic heterocycles. The second-order valence-electron chi connectivity index (χ2n) is 11.7. The van der Waals surface area contributed by atoms with Crippen LogP contribution in [0.5, 0.6) is 0 Å². The summed E-state index contributed by atoms with van der Waals surface area (Å²) in [7, 11) is -1.46. The van der Waals surface area contributed by atoms with Gasteiger partial charge < -0.3 is 44.7 Å². The van der Waals surface area contributed by atoms with Gasteiger partial charge in [0.15, 0.2) is 11.2 Å². The van der Waals surface area contributed by atoms with E-state index in [-0.39, 0.29) is 30.3 Å². The highest BCUT2D eigenvalue weighted by Crippen LogP contribution is 2.86. The van der Waals surface area contributed by atoms with Gasteiger partial charge >= 0.3 is 12.1 Å². The molecule has 18 heteroatoms. The number of ether oxygens (including phenoxy) is 2. The van der Waals surface area contributed by atoms with Crippen molar-refractivity contribution < 1.29 is 52.0 Å². The maximum absolute atomic E-state index is 13.0. The number of carbonyl (C=O) groups excluding carboxylic acids is 1. The molecule has 45 heavy (non-hydrogen) atoms. The predicted molar refractivity (Wildman–Crippen MR) is 157 cm³/mol. The molecule has 2 heterocycles. The Labute approximate surface area is 264 Å². The van der Waals surface area contributed by atoms with Gasteiger partial charge in [0.05, 0.1) is 0 Å². The minimum Gasteiger partial charge on any atom is -0.778 e. The van der Waals surface area contributed by atoms with Crippen LogP contribution < -0.4 is 15.5 Å².